The number of piperazine rings is 1. The fourth-order valence-electron chi connectivity index (χ4n) is 3.96. The lowest BCUT2D eigenvalue weighted by atomic mass is 10.1. The second-order valence-electron chi connectivity index (χ2n) is 8.33. The van der Waals surface area contributed by atoms with Crippen LogP contribution in [0, 0.1) is 0 Å². The summed E-state index contributed by atoms with van der Waals surface area (Å²) in [4.78, 5) is 27.0. The van der Waals surface area contributed by atoms with Crippen LogP contribution in [0.25, 0.3) is 0 Å². The SMILES string of the molecule is COC(=O)c1cc(NC(=O)c2ccc(CN3CCN(S(=O)(=O)c4ccccc4)CC3)cc2)ccc1Cl. The van der Waals surface area contributed by atoms with Gasteiger partial charge < -0.3 is 10.1 Å². The summed E-state index contributed by atoms with van der Waals surface area (Å²) in [6.45, 7) is 2.74. The Labute approximate surface area is 215 Å². The lowest BCUT2D eigenvalue weighted by molar-refractivity contribution is 0.0600. The third kappa shape index (κ3) is 5.93. The summed E-state index contributed by atoms with van der Waals surface area (Å²) < 4.78 is 31.8. The van der Waals surface area contributed by atoms with Crippen LogP contribution in [0.1, 0.15) is 26.3 Å². The number of nitrogens with one attached hydrogen (secondary N) is 1. The summed E-state index contributed by atoms with van der Waals surface area (Å²) in [5.41, 5.74) is 2.08. The van der Waals surface area contributed by atoms with Gasteiger partial charge in [0.05, 0.1) is 22.6 Å². The van der Waals surface area contributed by atoms with Crippen LogP contribution in [-0.2, 0) is 21.3 Å². The minimum Gasteiger partial charge on any atom is -0.465 e. The molecular weight excluding hydrogens is 502 g/mol. The molecule has 8 nitrogen and oxygen atoms in total. The van der Waals surface area contributed by atoms with Crippen molar-refractivity contribution in [3.63, 3.8) is 0 Å². The molecule has 0 saturated carbocycles. The summed E-state index contributed by atoms with van der Waals surface area (Å²) in [5.74, 6) is -0.904. The molecule has 1 saturated heterocycles. The molecule has 1 N–H and O–H groups in total. The van der Waals surface area contributed by atoms with Crippen LogP contribution >= 0.6 is 11.6 Å². The highest BCUT2D eigenvalue weighted by Crippen LogP contribution is 2.22. The van der Waals surface area contributed by atoms with Crippen molar-refractivity contribution in [3.8, 4) is 0 Å². The maximum atomic E-state index is 12.8. The van der Waals surface area contributed by atoms with Gasteiger partial charge in [0.15, 0.2) is 0 Å². The van der Waals surface area contributed by atoms with Crippen LogP contribution in [0.15, 0.2) is 77.7 Å². The van der Waals surface area contributed by atoms with Gasteiger partial charge in [0, 0.05) is 44.0 Å². The third-order valence-corrected chi connectivity index (χ3v) is 8.21. The Morgan fingerprint density at radius 1 is 0.944 bits per heavy atom. The number of carbonyl (C=O) groups is 2. The van der Waals surface area contributed by atoms with E-state index in [2.05, 4.69) is 10.2 Å². The van der Waals surface area contributed by atoms with Crippen LogP contribution in [0.4, 0.5) is 5.69 Å². The molecule has 0 atom stereocenters. The second kappa shape index (κ2) is 11.2. The molecule has 1 aliphatic rings. The van der Waals surface area contributed by atoms with Gasteiger partial charge in [0.1, 0.15) is 0 Å². The maximum Gasteiger partial charge on any atom is 0.339 e. The fraction of sp³-hybridized carbons (Fsp3) is 0.231. The number of amides is 1. The van der Waals surface area contributed by atoms with Gasteiger partial charge in [-0.1, -0.05) is 41.9 Å². The number of halogens is 1. The van der Waals surface area contributed by atoms with E-state index in [1.165, 1.54) is 23.5 Å². The van der Waals surface area contributed by atoms with Crippen LogP contribution < -0.4 is 5.32 Å². The van der Waals surface area contributed by atoms with Crippen molar-refractivity contribution < 1.29 is 22.7 Å². The van der Waals surface area contributed by atoms with Gasteiger partial charge >= 0.3 is 5.97 Å². The molecule has 36 heavy (non-hydrogen) atoms. The molecule has 1 heterocycles. The van der Waals surface area contributed by atoms with E-state index in [0.29, 0.717) is 48.9 Å². The molecule has 4 rings (SSSR count). The Morgan fingerprint density at radius 2 is 1.61 bits per heavy atom. The quantitative estimate of drug-likeness (QED) is 0.468. The normalized spacial score (nSPS) is 14.8. The average Bonchev–Trinajstić information content (AvgIpc) is 2.90. The highest BCUT2D eigenvalue weighted by atomic mass is 35.5. The second-order valence-corrected chi connectivity index (χ2v) is 10.7. The van der Waals surface area contributed by atoms with Crippen molar-refractivity contribution in [2.75, 3.05) is 38.6 Å². The van der Waals surface area contributed by atoms with Gasteiger partial charge in [0.2, 0.25) is 10.0 Å². The third-order valence-electron chi connectivity index (χ3n) is 5.96. The Bertz CT molecular complexity index is 1340. The van der Waals surface area contributed by atoms with E-state index in [1.807, 2.05) is 12.1 Å². The van der Waals surface area contributed by atoms with Gasteiger partial charge in [-0.25, -0.2) is 13.2 Å². The molecule has 0 bridgehead atoms. The predicted molar refractivity (Wildman–Crippen MR) is 138 cm³/mol. The molecule has 0 unspecified atom stereocenters. The van der Waals surface area contributed by atoms with E-state index in [1.54, 1.807) is 48.5 Å². The van der Waals surface area contributed by atoms with Crippen molar-refractivity contribution in [3.05, 3.63) is 94.5 Å². The number of ether oxygens (including phenoxy) is 1. The first-order valence-corrected chi connectivity index (χ1v) is 13.2. The van der Waals surface area contributed by atoms with Gasteiger partial charge in [-0.15, -0.1) is 0 Å². The number of nitrogens with zero attached hydrogens (tertiary/aromatic N) is 2. The topological polar surface area (TPSA) is 96.0 Å². The number of hydrogen-bond donors (Lipinski definition) is 1. The summed E-state index contributed by atoms with van der Waals surface area (Å²) >= 11 is 6.03. The number of methoxy groups -OCH3 is 1. The van der Waals surface area contributed by atoms with E-state index in [4.69, 9.17) is 16.3 Å². The molecule has 0 spiro atoms. The molecule has 0 aromatic heterocycles. The van der Waals surface area contributed by atoms with Crippen molar-refractivity contribution in [1.82, 2.24) is 9.21 Å². The van der Waals surface area contributed by atoms with E-state index in [-0.39, 0.29) is 16.5 Å². The van der Waals surface area contributed by atoms with Gasteiger partial charge in [-0.2, -0.15) is 4.31 Å². The summed E-state index contributed by atoms with van der Waals surface area (Å²) in [7, 11) is -2.22. The zero-order chi connectivity index (χ0) is 25.7. The molecule has 3 aromatic rings. The smallest absolute Gasteiger partial charge is 0.339 e. The van der Waals surface area contributed by atoms with Crippen molar-refractivity contribution in [2.24, 2.45) is 0 Å². The van der Waals surface area contributed by atoms with Crippen LogP contribution in [0.5, 0.6) is 0 Å². The van der Waals surface area contributed by atoms with E-state index >= 15 is 0 Å². The molecule has 1 aliphatic heterocycles. The largest absolute Gasteiger partial charge is 0.465 e. The Kier molecular flexibility index (Phi) is 8.05. The minimum absolute atomic E-state index is 0.170. The molecule has 1 amide bonds. The van der Waals surface area contributed by atoms with Gasteiger partial charge in [-0.3, -0.25) is 9.69 Å². The van der Waals surface area contributed by atoms with Crippen LogP contribution in [0.3, 0.4) is 0 Å². The monoisotopic (exact) mass is 527 g/mol. The number of hydrogen-bond acceptors (Lipinski definition) is 6. The first kappa shape index (κ1) is 25.8. The number of rotatable bonds is 7. The summed E-state index contributed by atoms with van der Waals surface area (Å²) in [5, 5.41) is 3.00. The highest BCUT2D eigenvalue weighted by Gasteiger charge is 2.28. The van der Waals surface area contributed by atoms with Crippen molar-refractivity contribution in [2.45, 2.75) is 11.4 Å². The number of benzene rings is 3. The van der Waals surface area contributed by atoms with Gasteiger partial charge in [0.25, 0.3) is 5.91 Å². The molecule has 188 valence electrons. The predicted octanol–water partition coefficient (Wildman–Crippen LogP) is 3.89. The average molecular weight is 528 g/mol. The Balaban J connectivity index is 1.33. The van der Waals surface area contributed by atoms with Gasteiger partial charge in [-0.05, 0) is 48.0 Å². The lowest BCUT2D eigenvalue weighted by Crippen LogP contribution is -2.48. The molecule has 0 radical (unpaired) electrons. The summed E-state index contributed by atoms with van der Waals surface area (Å²) in [6, 6.07) is 20.3. The Morgan fingerprint density at radius 3 is 2.25 bits per heavy atom. The maximum absolute atomic E-state index is 12.8. The molecule has 1 fully saturated rings. The number of carbonyl (C=O) groups excluding carboxylic acids is 2. The zero-order valence-corrected chi connectivity index (χ0v) is 21.3. The first-order chi connectivity index (χ1) is 17.3. The highest BCUT2D eigenvalue weighted by molar-refractivity contribution is 7.89. The lowest BCUT2D eigenvalue weighted by Gasteiger charge is -2.34. The van der Waals surface area contributed by atoms with Crippen LogP contribution in [-0.4, -0.2) is 62.8 Å². The standard InChI is InChI=1S/C26H26ClN3O5S/c1-35-26(32)23-17-21(11-12-24(23)27)28-25(31)20-9-7-19(8-10-20)18-29-13-15-30(16-14-29)36(33,34)22-5-3-2-4-6-22/h2-12,17H,13-16,18H2,1H3,(H,28,31). The first-order valence-electron chi connectivity index (χ1n) is 11.3. The van der Waals surface area contributed by atoms with E-state index in [0.717, 1.165) is 5.56 Å². The molecular formula is C26H26ClN3O5S. The van der Waals surface area contributed by atoms with Crippen molar-refractivity contribution in [1.29, 1.82) is 0 Å². The van der Waals surface area contributed by atoms with E-state index in [9.17, 15) is 18.0 Å². The molecule has 0 aliphatic carbocycles. The minimum atomic E-state index is -3.48. The van der Waals surface area contributed by atoms with Crippen molar-refractivity contribution >= 4 is 39.2 Å². The van der Waals surface area contributed by atoms with Crippen LogP contribution in [0.2, 0.25) is 5.02 Å². The molecule has 10 heteroatoms. The molecule has 3 aromatic carbocycles. The summed E-state index contributed by atoms with van der Waals surface area (Å²) in [6.07, 6.45) is 0. The number of sulfonamides is 1. The number of anilines is 1. The number of esters is 1. The van der Waals surface area contributed by atoms with E-state index < -0.39 is 16.0 Å². The Hall–Kier alpha value is -3.24. The zero-order valence-electron chi connectivity index (χ0n) is 19.7. The fourth-order valence-corrected chi connectivity index (χ4v) is 5.60.